The molecule has 0 heterocycles. The van der Waals surface area contributed by atoms with Crippen molar-refractivity contribution in [2.45, 2.75) is 13.1 Å². The molecule has 0 bridgehead atoms. The fourth-order valence-corrected chi connectivity index (χ4v) is 5.79. The van der Waals surface area contributed by atoms with Crippen molar-refractivity contribution in [1.29, 1.82) is 0 Å². The van der Waals surface area contributed by atoms with Gasteiger partial charge in [-0.2, -0.15) is 0 Å². The van der Waals surface area contributed by atoms with E-state index in [2.05, 4.69) is 0 Å². The molecule has 1 fully saturated rings. The zero-order chi connectivity index (χ0) is 34.5. The number of nitrogens with zero attached hydrogens (tertiary/aromatic N) is 2. The first kappa shape index (κ1) is 33.6. The van der Waals surface area contributed by atoms with Crippen LogP contribution < -0.4 is 9.47 Å². The lowest BCUT2D eigenvalue weighted by atomic mass is 9.55. The smallest absolute Gasteiger partial charge is 0.308 e. The Balaban J connectivity index is 1.25. The SMILES string of the molecule is CN(Cc1ccc(Oc2ccc(F)cc2)cc1)C(=O)C1C(C(=O)O)C(C(=O)O)C1C(=O)N(C)Cc1ccc(Oc2ccc(F)cc2)cc1. The number of carbonyl (C=O) groups is 4. The Labute approximate surface area is 274 Å². The molecule has 4 atom stereocenters. The third-order valence-electron chi connectivity index (χ3n) is 8.23. The number of halogens is 2. The summed E-state index contributed by atoms with van der Waals surface area (Å²) in [6.45, 7) is 0.110. The number of amides is 2. The van der Waals surface area contributed by atoms with Crippen LogP contribution in [0.15, 0.2) is 97.1 Å². The van der Waals surface area contributed by atoms with Gasteiger partial charge in [-0.3, -0.25) is 19.2 Å². The first-order valence-electron chi connectivity index (χ1n) is 14.9. The number of carboxylic acids is 2. The van der Waals surface area contributed by atoms with Gasteiger partial charge in [-0.25, -0.2) is 8.78 Å². The molecule has 10 nitrogen and oxygen atoms in total. The number of rotatable bonds is 12. The topological polar surface area (TPSA) is 134 Å². The molecule has 0 saturated heterocycles. The molecule has 5 rings (SSSR count). The molecule has 1 saturated carbocycles. The fraction of sp³-hybridized carbons (Fsp3) is 0.222. The van der Waals surface area contributed by atoms with Gasteiger partial charge in [0.15, 0.2) is 0 Å². The zero-order valence-corrected chi connectivity index (χ0v) is 26.0. The van der Waals surface area contributed by atoms with E-state index in [0.717, 1.165) is 0 Å². The van der Waals surface area contributed by atoms with Gasteiger partial charge in [0.25, 0.3) is 0 Å². The van der Waals surface area contributed by atoms with Crippen molar-refractivity contribution in [1.82, 2.24) is 9.80 Å². The molecule has 4 aromatic carbocycles. The Bertz CT molecular complexity index is 1650. The summed E-state index contributed by atoms with van der Waals surface area (Å²) in [5.74, 6) is -9.22. The van der Waals surface area contributed by atoms with Crippen molar-refractivity contribution in [2.75, 3.05) is 14.1 Å². The van der Waals surface area contributed by atoms with Crippen molar-refractivity contribution < 1.29 is 47.6 Å². The highest BCUT2D eigenvalue weighted by atomic mass is 19.1. The van der Waals surface area contributed by atoms with E-state index in [0.29, 0.717) is 34.1 Å². The van der Waals surface area contributed by atoms with E-state index < -0.39 is 59.1 Å². The molecule has 0 spiro atoms. The van der Waals surface area contributed by atoms with Crippen molar-refractivity contribution >= 4 is 23.8 Å². The Morgan fingerprint density at radius 3 is 1.06 bits per heavy atom. The predicted octanol–water partition coefficient (Wildman–Crippen LogP) is 5.81. The molecule has 4 aromatic rings. The second-order valence-corrected chi connectivity index (χ2v) is 11.6. The zero-order valence-electron chi connectivity index (χ0n) is 26.0. The fourth-order valence-electron chi connectivity index (χ4n) is 5.79. The molecule has 2 N–H and O–H groups in total. The summed E-state index contributed by atoms with van der Waals surface area (Å²) >= 11 is 0. The lowest BCUT2D eigenvalue weighted by molar-refractivity contribution is -0.187. The van der Waals surface area contributed by atoms with Crippen LogP contribution >= 0.6 is 0 Å². The maximum atomic E-state index is 13.7. The lowest BCUT2D eigenvalue weighted by Gasteiger charge is -2.47. The van der Waals surface area contributed by atoms with Gasteiger partial charge in [0.05, 0.1) is 23.7 Å². The van der Waals surface area contributed by atoms with Crippen molar-refractivity contribution in [3.8, 4) is 23.0 Å². The van der Waals surface area contributed by atoms with Crippen LogP contribution in [0.1, 0.15) is 11.1 Å². The molecule has 48 heavy (non-hydrogen) atoms. The second kappa shape index (κ2) is 14.3. The van der Waals surface area contributed by atoms with Gasteiger partial charge in [-0.05, 0) is 83.9 Å². The molecule has 4 unspecified atom stereocenters. The maximum Gasteiger partial charge on any atom is 0.308 e. The van der Waals surface area contributed by atoms with Crippen LogP contribution in [0.2, 0.25) is 0 Å². The minimum absolute atomic E-state index is 0.0549. The molecular formula is C36H32F2N2O8. The van der Waals surface area contributed by atoms with Crippen LogP contribution in [0.5, 0.6) is 23.0 Å². The average molecular weight is 659 g/mol. The van der Waals surface area contributed by atoms with E-state index in [1.54, 1.807) is 48.5 Å². The van der Waals surface area contributed by atoms with E-state index in [4.69, 9.17) is 9.47 Å². The van der Waals surface area contributed by atoms with Crippen molar-refractivity contribution in [2.24, 2.45) is 23.7 Å². The molecule has 1 aliphatic rings. The van der Waals surface area contributed by atoms with Gasteiger partial charge in [0, 0.05) is 27.2 Å². The summed E-state index contributed by atoms with van der Waals surface area (Å²) in [5, 5.41) is 19.8. The lowest BCUT2D eigenvalue weighted by Crippen LogP contribution is -2.63. The largest absolute Gasteiger partial charge is 0.481 e. The summed E-state index contributed by atoms with van der Waals surface area (Å²) in [4.78, 5) is 54.2. The molecule has 2 amide bonds. The Morgan fingerprint density at radius 2 is 0.792 bits per heavy atom. The average Bonchev–Trinajstić information content (AvgIpc) is 3.04. The van der Waals surface area contributed by atoms with Gasteiger partial charge in [-0.1, -0.05) is 24.3 Å². The quantitative estimate of drug-likeness (QED) is 0.195. The van der Waals surface area contributed by atoms with Crippen LogP contribution in [-0.2, 0) is 32.3 Å². The van der Waals surface area contributed by atoms with Crippen LogP contribution in [0, 0.1) is 35.3 Å². The number of hydrogen-bond acceptors (Lipinski definition) is 6. The molecule has 0 radical (unpaired) electrons. The van der Waals surface area contributed by atoms with E-state index in [1.165, 1.54) is 72.4 Å². The van der Waals surface area contributed by atoms with E-state index in [9.17, 15) is 38.2 Å². The Hall–Kier alpha value is -5.78. The minimum atomic E-state index is -1.59. The summed E-state index contributed by atoms with van der Waals surface area (Å²) in [6, 6.07) is 24.4. The van der Waals surface area contributed by atoms with Crippen molar-refractivity contribution in [3.05, 3.63) is 120 Å². The van der Waals surface area contributed by atoms with Gasteiger partial charge < -0.3 is 29.5 Å². The van der Waals surface area contributed by atoms with Crippen LogP contribution in [0.25, 0.3) is 0 Å². The maximum absolute atomic E-state index is 13.7. The molecule has 248 valence electrons. The standard InChI is InChI=1S/C36H32F2N2O8/c1-39(19-21-3-11-25(12-4-21)47-27-15-7-23(37)8-16-27)33(41)29-30(32(36(45)46)31(29)35(43)44)34(42)40(2)20-22-5-13-26(14-6-22)48-28-17-9-24(38)10-18-28/h3-18,29-32H,19-20H2,1-2H3,(H,43,44)(H,45,46). The second-order valence-electron chi connectivity index (χ2n) is 11.6. The summed E-state index contributed by atoms with van der Waals surface area (Å²) < 4.78 is 37.7. The number of carbonyl (C=O) groups excluding carboxylic acids is 2. The minimum Gasteiger partial charge on any atom is -0.481 e. The summed E-state index contributed by atoms with van der Waals surface area (Å²) in [5.41, 5.74) is 1.34. The summed E-state index contributed by atoms with van der Waals surface area (Å²) in [7, 11) is 2.91. The highest BCUT2D eigenvalue weighted by Gasteiger charge is 2.64. The van der Waals surface area contributed by atoms with Crippen LogP contribution in [0.4, 0.5) is 8.78 Å². The van der Waals surface area contributed by atoms with Gasteiger partial charge in [-0.15, -0.1) is 0 Å². The number of benzene rings is 4. The Kier molecular flexibility index (Phi) is 10.0. The normalized spacial score (nSPS) is 18.2. The molecule has 0 aromatic heterocycles. The van der Waals surface area contributed by atoms with E-state index >= 15 is 0 Å². The first-order chi connectivity index (χ1) is 22.9. The number of carboxylic acid groups (broad SMARTS) is 2. The number of aliphatic carboxylic acids is 2. The molecular weight excluding hydrogens is 626 g/mol. The third-order valence-corrected chi connectivity index (χ3v) is 8.23. The van der Waals surface area contributed by atoms with Gasteiger partial charge in [0.2, 0.25) is 11.8 Å². The van der Waals surface area contributed by atoms with Crippen LogP contribution in [-0.4, -0.2) is 57.9 Å². The highest BCUT2D eigenvalue weighted by Crippen LogP contribution is 2.48. The third kappa shape index (κ3) is 7.60. The molecule has 0 aliphatic heterocycles. The van der Waals surface area contributed by atoms with Crippen molar-refractivity contribution in [3.63, 3.8) is 0 Å². The number of hydrogen-bond donors (Lipinski definition) is 2. The highest BCUT2D eigenvalue weighted by molar-refractivity contribution is 5.99. The molecule has 1 aliphatic carbocycles. The first-order valence-corrected chi connectivity index (χ1v) is 14.9. The predicted molar refractivity (Wildman–Crippen MR) is 168 cm³/mol. The van der Waals surface area contributed by atoms with E-state index in [1.807, 2.05) is 0 Å². The van der Waals surface area contributed by atoms with E-state index in [-0.39, 0.29) is 13.1 Å². The summed E-state index contributed by atoms with van der Waals surface area (Å²) in [6.07, 6.45) is 0. The van der Waals surface area contributed by atoms with Gasteiger partial charge in [0.1, 0.15) is 34.6 Å². The monoisotopic (exact) mass is 658 g/mol. The van der Waals surface area contributed by atoms with Crippen LogP contribution in [0.3, 0.4) is 0 Å². The number of ether oxygens (including phenoxy) is 2. The molecule has 12 heteroatoms. The Morgan fingerprint density at radius 1 is 0.521 bits per heavy atom. The van der Waals surface area contributed by atoms with Gasteiger partial charge >= 0.3 is 11.9 Å².